The van der Waals surface area contributed by atoms with E-state index in [0.29, 0.717) is 6.04 Å². The van der Waals surface area contributed by atoms with E-state index >= 15 is 0 Å². The van der Waals surface area contributed by atoms with Crippen LogP contribution in [-0.2, 0) is 13.6 Å². The average Bonchev–Trinajstić information content (AvgIpc) is 3.04. The lowest BCUT2D eigenvalue weighted by molar-refractivity contribution is 0.369. The number of rotatable bonds is 4. The highest BCUT2D eigenvalue weighted by Gasteiger charge is 2.26. The van der Waals surface area contributed by atoms with Gasteiger partial charge in [0.05, 0.1) is 12.1 Å². The van der Waals surface area contributed by atoms with Gasteiger partial charge >= 0.3 is 0 Å². The maximum absolute atomic E-state index is 6.28. The molecule has 3 aromatic rings. The summed E-state index contributed by atoms with van der Waals surface area (Å²) in [6.45, 7) is 0.840. The largest absolute Gasteiger partial charge is 0.353 e. The molecule has 4 nitrogen and oxygen atoms in total. The summed E-state index contributed by atoms with van der Waals surface area (Å²) in [6, 6.07) is 15.1. The maximum Gasteiger partial charge on any atom is 0.129 e. The number of halogens is 1. The lowest BCUT2D eigenvalue weighted by atomic mass is 9.90. The first kappa shape index (κ1) is 17.4. The molecule has 5 heteroatoms. The summed E-state index contributed by atoms with van der Waals surface area (Å²) in [5.74, 6) is 1.01. The molecule has 2 N–H and O–H groups in total. The minimum absolute atomic E-state index is 0.281. The Morgan fingerprint density at radius 2 is 2.12 bits per heavy atom. The number of aryl methyl sites for hydroxylation is 1. The van der Waals surface area contributed by atoms with Crippen molar-refractivity contribution in [3.05, 3.63) is 59.4 Å². The van der Waals surface area contributed by atoms with Crippen molar-refractivity contribution in [2.45, 2.75) is 44.3 Å². The second kappa shape index (κ2) is 7.29. The molecule has 2 aromatic heterocycles. The van der Waals surface area contributed by atoms with E-state index in [2.05, 4.69) is 47.0 Å². The SMILES string of the molecule is Cn1cccc1CN(c1ccc2cc(Cl)ccc2n1)C1CCCC(N)C1. The van der Waals surface area contributed by atoms with E-state index in [1.807, 2.05) is 18.2 Å². The molecule has 136 valence electrons. The fourth-order valence-electron chi connectivity index (χ4n) is 3.96. The van der Waals surface area contributed by atoms with Crippen molar-refractivity contribution in [3.63, 3.8) is 0 Å². The predicted octanol–water partition coefficient (Wildman–Crippen LogP) is 4.50. The number of nitrogens with two attached hydrogens (primary N) is 1. The summed E-state index contributed by atoms with van der Waals surface area (Å²) in [5.41, 5.74) is 8.54. The summed E-state index contributed by atoms with van der Waals surface area (Å²) in [7, 11) is 2.09. The highest BCUT2D eigenvalue weighted by atomic mass is 35.5. The summed E-state index contributed by atoms with van der Waals surface area (Å²) in [6.07, 6.45) is 6.58. The average molecular weight is 369 g/mol. The van der Waals surface area contributed by atoms with Crippen LogP contribution in [0.3, 0.4) is 0 Å². The molecule has 1 aliphatic rings. The number of pyridine rings is 1. The third kappa shape index (κ3) is 3.57. The van der Waals surface area contributed by atoms with Gasteiger partial charge in [-0.25, -0.2) is 4.98 Å². The molecule has 2 atom stereocenters. The zero-order valence-corrected chi connectivity index (χ0v) is 15.9. The van der Waals surface area contributed by atoms with E-state index in [1.165, 1.54) is 18.5 Å². The van der Waals surface area contributed by atoms with Gasteiger partial charge in [0.25, 0.3) is 0 Å². The highest BCUT2D eigenvalue weighted by Crippen LogP contribution is 2.29. The minimum atomic E-state index is 0.281. The van der Waals surface area contributed by atoms with Crippen molar-refractivity contribution >= 4 is 28.3 Å². The molecule has 26 heavy (non-hydrogen) atoms. The molecule has 0 saturated heterocycles. The Hall–Kier alpha value is -2.04. The van der Waals surface area contributed by atoms with Gasteiger partial charge in [0.1, 0.15) is 5.82 Å². The van der Waals surface area contributed by atoms with Crippen molar-refractivity contribution in [3.8, 4) is 0 Å². The molecule has 1 aliphatic carbocycles. The molecular formula is C21H25ClN4. The van der Waals surface area contributed by atoms with Crippen LogP contribution < -0.4 is 10.6 Å². The van der Waals surface area contributed by atoms with Crippen molar-refractivity contribution in [2.75, 3.05) is 4.90 Å². The Morgan fingerprint density at radius 3 is 2.88 bits per heavy atom. The number of aromatic nitrogens is 2. The van der Waals surface area contributed by atoms with Crippen LogP contribution in [0.25, 0.3) is 10.9 Å². The monoisotopic (exact) mass is 368 g/mol. The van der Waals surface area contributed by atoms with E-state index in [0.717, 1.165) is 41.1 Å². The zero-order chi connectivity index (χ0) is 18.1. The van der Waals surface area contributed by atoms with Crippen molar-refractivity contribution in [1.29, 1.82) is 0 Å². The zero-order valence-electron chi connectivity index (χ0n) is 15.1. The first-order chi connectivity index (χ1) is 12.6. The van der Waals surface area contributed by atoms with Gasteiger partial charge in [-0.3, -0.25) is 0 Å². The number of benzene rings is 1. The Kier molecular flexibility index (Phi) is 4.88. The van der Waals surface area contributed by atoms with E-state index in [-0.39, 0.29) is 6.04 Å². The fourth-order valence-corrected chi connectivity index (χ4v) is 4.14. The van der Waals surface area contributed by atoms with Crippen molar-refractivity contribution < 1.29 is 0 Å². The molecule has 1 aromatic carbocycles. The van der Waals surface area contributed by atoms with Crippen LogP contribution in [0, 0.1) is 0 Å². The predicted molar refractivity (Wildman–Crippen MR) is 109 cm³/mol. The van der Waals surface area contributed by atoms with Crippen molar-refractivity contribution in [2.24, 2.45) is 12.8 Å². The number of anilines is 1. The van der Waals surface area contributed by atoms with Gasteiger partial charge in [0.2, 0.25) is 0 Å². The van der Waals surface area contributed by atoms with Gasteiger partial charge < -0.3 is 15.2 Å². The second-order valence-corrected chi connectivity index (χ2v) is 7.76. The van der Waals surface area contributed by atoms with Crippen LogP contribution in [0.2, 0.25) is 5.02 Å². The Labute approximate surface area is 159 Å². The Morgan fingerprint density at radius 1 is 1.23 bits per heavy atom. The van der Waals surface area contributed by atoms with Crippen LogP contribution >= 0.6 is 11.6 Å². The summed E-state index contributed by atoms with van der Waals surface area (Å²) < 4.78 is 2.18. The quantitative estimate of drug-likeness (QED) is 0.737. The molecule has 0 amide bonds. The Balaban J connectivity index is 1.71. The lowest BCUT2D eigenvalue weighted by Gasteiger charge is -2.37. The summed E-state index contributed by atoms with van der Waals surface area (Å²) in [4.78, 5) is 7.38. The van der Waals surface area contributed by atoms with Gasteiger partial charge in [0, 0.05) is 41.4 Å². The molecule has 4 rings (SSSR count). The third-order valence-electron chi connectivity index (χ3n) is 5.44. The number of fused-ring (bicyclic) bond motifs is 1. The van der Waals surface area contributed by atoms with E-state index in [9.17, 15) is 0 Å². The van der Waals surface area contributed by atoms with Crippen LogP contribution in [-0.4, -0.2) is 21.6 Å². The van der Waals surface area contributed by atoms with Crippen LogP contribution in [0.15, 0.2) is 48.7 Å². The fraction of sp³-hybridized carbons (Fsp3) is 0.381. The molecule has 0 bridgehead atoms. The maximum atomic E-state index is 6.28. The number of nitrogens with zero attached hydrogens (tertiary/aromatic N) is 3. The van der Waals surface area contributed by atoms with Crippen LogP contribution in [0.5, 0.6) is 0 Å². The van der Waals surface area contributed by atoms with Gasteiger partial charge in [-0.1, -0.05) is 11.6 Å². The lowest BCUT2D eigenvalue weighted by Crippen LogP contribution is -2.43. The molecule has 0 spiro atoms. The molecule has 2 unspecified atom stereocenters. The van der Waals surface area contributed by atoms with Gasteiger partial charge in [0.15, 0.2) is 0 Å². The van der Waals surface area contributed by atoms with E-state index in [1.54, 1.807) is 0 Å². The first-order valence-corrected chi connectivity index (χ1v) is 9.67. The second-order valence-electron chi connectivity index (χ2n) is 7.33. The van der Waals surface area contributed by atoms with E-state index < -0.39 is 0 Å². The molecule has 0 aliphatic heterocycles. The topological polar surface area (TPSA) is 47.1 Å². The Bertz CT molecular complexity index is 904. The standard InChI is InChI=1S/C21H25ClN4/c1-25-11-3-6-19(25)14-26(18-5-2-4-17(23)13-18)21-10-7-15-12-16(22)8-9-20(15)24-21/h3,6-12,17-18H,2,4-5,13-14,23H2,1H3. The molecular weight excluding hydrogens is 344 g/mol. The smallest absolute Gasteiger partial charge is 0.129 e. The molecule has 1 fully saturated rings. The highest BCUT2D eigenvalue weighted by molar-refractivity contribution is 6.31. The van der Waals surface area contributed by atoms with Crippen molar-refractivity contribution in [1.82, 2.24) is 9.55 Å². The summed E-state index contributed by atoms with van der Waals surface area (Å²) >= 11 is 6.12. The van der Waals surface area contributed by atoms with Gasteiger partial charge in [-0.2, -0.15) is 0 Å². The third-order valence-corrected chi connectivity index (χ3v) is 5.68. The molecule has 2 heterocycles. The molecule has 1 saturated carbocycles. The number of hydrogen-bond donors (Lipinski definition) is 1. The van der Waals surface area contributed by atoms with E-state index in [4.69, 9.17) is 22.3 Å². The number of hydrogen-bond acceptors (Lipinski definition) is 3. The minimum Gasteiger partial charge on any atom is -0.353 e. The molecule has 0 radical (unpaired) electrons. The van der Waals surface area contributed by atoms with Gasteiger partial charge in [-0.05, 0) is 68.1 Å². The van der Waals surface area contributed by atoms with Gasteiger partial charge in [-0.15, -0.1) is 0 Å². The van der Waals surface area contributed by atoms with Crippen LogP contribution in [0.4, 0.5) is 5.82 Å². The first-order valence-electron chi connectivity index (χ1n) is 9.29. The summed E-state index contributed by atoms with van der Waals surface area (Å²) in [5, 5.41) is 1.81. The van der Waals surface area contributed by atoms with Crippen LogP contribution in [0.1, 0.15) is 31.4 Å². The normalized spacial score (nSPS) is 20.4.